The topological polar surface area (TPSA) is 17.1 Å². The van der Waals surface area contributed by atoms with Gasteiger partial charge in [0.2, 0.25) is 0 Å². The molecule has 0 aromatic heterocycles. The Kier molecular flexibility index (Phi) is 3.12. The van der Waals surface area contributed by atoms with Gasteiger partial charge in [0.1, 0.15) is 17.9 Å². The monoisotopic (exact) mass is 282 g/mol. The molecule has 0 aliphatic heterocycles. The zero-order valence-corrected chi connectivity index (χ0v) is 9.62. The number of carbonyl (C=O) groups is 1. The Hall–Kier alpha value is -1.11. The lowest BCUT2D eigenvalue weighted by molar-refractivity contribution is -0.108. The fourth-order valence-corrected chi connectivity index (χ4v) is 2.90. The summed E-state index contributed by atoms with van der Waals surface area (Å²) >= 11 is -0.442. The van der Waals surface area contributed by atoms with E-state index in [4.69, 9.17) is 0 Å². The second-order valence-corrected chi connectivity index (χ2v) is 5.47. The Balaban J connectivity index is 2.24. The molecule has 0 spiro atoms. The van der Waals surface area contributed by atoms with E-state index in [9.17, 15) is 26.7 Å². The summed E-state index contributed by atoms with van der Waals surface area (Å²) in [5.41, 5.74) is -4.62. The van der Waals surface area contributed by atoms with Crippen molar-refractivity contribution in [2.24, 2.45) is 0 Å². The van der Waals surface area contributed by atoms with E-state index in [0.29, 0.717) is 6.07 Å². The summed E-state index contributed by atoms with van der Waals surface area (Å²) in [7, 11) is 0. The van der Waals surface area contributed by atoms with Crippen LogP contribution in [0.5, 0.6) is 0 Å². The van der Waals surface area contributed by atoms with E-state index in [-0.39, 0.29) is 18.3 Å². The van der Waals surface area contributed by atoms with Crippen LogP contribution in [0.4, 0.5) is 22.0 Å². The first-order valence-electron chi connectivity index (χ1n) is 4.95. The highest BCUT2D eigenvalue weighted by Crippen LogP contribution is 2.63. The zero-order valence-electron chi connectivity index (χ0n) is 8.80. The maximum atomic E-state index is 13.4. The molecular formula is C11H7F5OS. The number of hydrogen-bond donors (Lipinski definition) is 0. The Morgan fingerprint density at radius 1 is 1.33 bits per heavy atom. The Labute approximate surface area is 103 Å². The van der Waals surface area contributed by atoms with Crippen molar-refractivity contribution in [3.8, 4) is 0 Å². The second kappa shape index (κ2) is 4.22. The number of benzene rings is 1. The molecule has 2 rings (SSSR count). The number of thioether (sulfide) groups is 1. The minimum atomic E-state index is -4.56. The molecule has 1 fully saturated rings. The average Bonchev–Trinajstić information content (AvgIpc) is 2.90. The van der Waals surface area contributed by atoms with Gasteiger partial charge in [-0.2, -0.15) is 13.2 Å². The van der Waals surface area contributed by atoms with Crippen LogP contribution in [0, 0.1) is 11.6 Å². The van der Waals surface area contributed by atoms with Crippen LogP contribution in [-0.4, -0.2) is 16.5 Å². The Bertz CT molecular complexity index is 487. The van der Waals surface area contributed by atoms with Gasteiger partial charge in [-0.1, -0.05) is 6.07 Å². The van der Waals surface area contributed by atoms with Gasteiger partial charge in [-0.3, -0.25) is 0 Å². The van der Waals surface area contributed by atoms with Gasteiger partial charge in [0.25, 0.3) is 0 Å². The van der Waals surface area contributed by atoms with Gasteiger partial charge in [0.15, 0.2) is 0 Å². The lowest BCUT2D eigenvalue weighted by atomic mass is 10.1. The van der Waals surface area contributed by atoms with E-state index in [1.165, 1.54) is 0 Å². The highest BCUT2D eigenvalue weighted by atomic mass is 32.2. The first kappa shape index (κ1) is 13.3. The van der Waals surface area contributed by atoms with Gasteiger partial charge < -0.3 is 4.79 Å². The summed E-state index contributed by atoms with van der Waals surface area (Å²) in [6.07, 6.45) is 0.0991. The Morgan fingerprint density at radius 3 is 2.50 bits per heavy atom. The maximum absolute atomic E-state index is 13.4. The summed E-state index contributed by atoms with van der Waals surface area (Å²) in [6, 6.07) is 2.64. The van der Waals surface area contributed by atoms with E-state index in [1.54, 1.807) is 0 Å². The number of hydrogen-bond acceptors (Lipinski definition) is 2. The van der Waals surface area contributed by atoms with Crippen LogP contribution in [0.15, 0.2) is 18.2 Å². The molecule has 0 radical (unpaired) electrons. The van der Waals surface area contributed by atoms with Crippen molar-refractivity contribution in [1.29, 1.82) is 0 Å². The van der Waals surface area contributed by atoms with Gasteiger partial charge in [0.05, 0.1) is 4.75 Å². The van der Waals surface area contributed by atoms with E-state index >= 15 is 0 Å². The van der Waals surface area contributed by atoms with Gasteiger partial charge in [-0.25, -0.2) is 8.78 Å². The molecule has 7 heteroatoms. The molecule has 0 bridgehead atoms. The fraction of sp³-hybridized carbons (Fsp3) is 0.364. The molecule has 2 unspecified atom stereocenters. The van der Waals surface area contributed by atoms with Crippen LogP contribution in [0.1, 0.15) is 17.9 Å². The molecule has 98 valence electrons. The highest BCUT2D eigenvalue weighted by molar-refractivity contribution is 8.02. The minimum absolute atomic E-state index is 0.0553. The molecular weight excluding hydrogens is 275 g/mol. The van der Waals surface area contributed by atoms with Gasteiger partial charge in [-0.05, 0) is 29.8 Å². The van der Waals surface area contributed by atoms with Crippen molar-refractivity contribution in [3.63, 3.8) is 0 Å². The van der Waals surface area contributed by atoms with Crippen LogP contribution in [0.3, 0.4) is 0 Å². The Morgan fingerprint density at radius 2 is 2.00 bits per heavy atom. The number of carbonyl (C=O) groups excluding carboxylic acids is 1. The molecule has 1 aliphatic carbocycles. The highest BCUT2D eigenvalue weighted by Gasteiger charge is 2.61. The maximum Gasteiger partial charge on any atom is 0.442 e. The largest absolute Gasteiger partial charge is 0.442 e. The zero-order chi connectivity index (χ0) is 13.6. The molecule has 0 heterocycles. The standard InChI is InChI=1S/C11H7F5OS/c12-6-1-2-7(9(13)3-6)8-4-10(8,5-17)18-11(14,15)16/h1-3,5,8H,4H2. The molecule has 0 N–H and O–H groups in total. The van der Waals surface area contributed by atoms with Gasteiger partial charge in [0, 0.05) is 12.0 Å². The van der Waals surface area contributed by atoms with Crippen LogP contribution < -0.4 is 0 Å². The molecule has 1 aliphatic rings. The fourth-order valence-electron chi connectivity index (χ4n) is 1.90. The molecule has 1 aromatic rings. The molecule has 0 amide bonds. The predicted molar refractivity (Wildman–Crippen MR) is 56.2 cm³/mol. The number of halogens is 5. The third-order valence-corrected chi connectivity index (χ3v) is 3.95. The summed E-state index contributed by atoms with van der Waals surface area (Å²) in [5.74, 6) is -2.59. The van der Waals surface area contributed by atoms with E-state index < -0.39 is 39.6 Å². The molecule has 1 saturated carbocycles. The third-order valence-electron chi connectivity index (χ3n) is 2.80. The SMILES string of the molecule is O=CC1(SC(F)(F)F)CC1c1ccc(F)cc1F. The van der Waals surface area contributed by atoms with Crippen molar-refractivity contribution in [2.45, 2.75) is 22.6 Å². The lowest BCUT2D eigenvalue weighted by Crippen LogP contribution is -2.16. The lowest BCUT2D eigenvalue weighted by Gasteiger charge is -2.12. The van der Waals surface area contributed by atoms with E-state index in [2.05, 4.69) is 0 Å². The van der Waals surface area contributed by atoms with Crippen molar-refractivity contribution in [2.75, 3.05) is 0 Å². The normalized spacial score (nSPS) is 27.1. The smallest absolute Gasteiger partial charge is 0.302 e. The van der Waals surface area contributed by atoms with E-state index in [0.717, 1.165) is 12.1 Å². The van der Waals surface area contributed by atoms with Crippen LogP contribution in [-0.2, 0) is 4.79 Å². The minimum Gasteiger partial charge on any atom is -0.302 e. The number of rotatable bonds is 3. The first-order chi connectivity index (χ1) is 8.27. The summed E-state index contributed by atoms with van der Waals surface area (Å²) < 4.78 is 61.3. The molecule has 1 nitrogen and oxygen atoms in total. The van der Waals surface area contributed by atoms with Gasteiger partial charge in [-0.15, -0.1) is 0 Å². The van der Waals surface area contributed by atoms with E-state index in [1.807, 2.05) is 0 Å². The van der Waals surface area contributed by atoms with Gasteiger partial charge >= 0.3 is 5.51 Å². The molecule has 0 saturated heterocycles. The van der Waals surface area contributed by atoms with Crippen LogP contribution in [0.2, 0.25) is 0 Å². The quantitative estimate of drug-likeness (QED) is 0.622. The molecule has 18 heavy (non-hydrogen) atoms. The first-order valence-corrected chi connectivity index (χ1v) is 5.77. The summed E-state index contributed by atoms with van der Waals surface area (Å²) in [6.45, 7) is 0. The predicted octanol–water partition coefficient (Wildman–Crippen LogP) is 3.64. The van der Waals surface area contributed by atoms with Crippen molar-refractivity contribution in [3.05, 3.63) is 35.4 Å². The van der Waals surface area contributed by atoms with Crippen molar-refractivity contribution >= 4 is 18.0 Å². The number of aldehydes is 1. The summed E-state index contributed by atoms with van der Waals surface area (Å²) in [5, 5.41) is 0. The molecule has 2 atom stereocenters. The molecule has 1 aromatic carbocycles. The number of alkyl halides is 3. The summed E-state index contributed by atoms with van der Waals surface area (Å²) in [4.78, 5) is 10.8. The van der Waals surface area contributed by atoms with Crippen molar-refractivity contribution in [1.82, 2.24) is 0 Å². The van der Waals surface area contributed by atoms with Crippen LogP contribution in [0.25, 0.3) is 0 Å². The third kappa shape index (κ3) is 2.50. The average molecular weight is 282 g/mol. The van der Waals surface area contributed by atoms with Crippen molar-refractivity contribution < 1.29 is 26.7 Å². The second-order valence-electron chi connectivity index (χ2n) is 4.04. The van der Waals surface area contributed by atoms with Crippen LogP contribution >= 0.6 is 11.8 Å².